The molecule has 3 aromatic carbocycles. The van der Waals surface area contributed by atoms with Crippen molar-refractivity contribution >= 4 is 45.6 Å². The largest absolute Gasteiger partial charge is 0.416 e. The Morgan fingerprint density at radius 1 is 1.00 bits per heavy atom. The molecule has 0 atom stereocenters. The van der Waals surface area contributed by atoms with E-state index in [9.17, 15) is 22.8 Å². The molecule has 0 aliphatic rings. The van der Waals surface area contributed by atoms with Crippen LogP contribution in [0.25, 0.3) is 10.8 Å². The predicted octanol–water partition coefficient (Wildman–Crippen LogP) is 5.44. The zero-order valence-corrected chi connectivity index (χ0v) is 19.1. The number of alkyl halides is 3. The van der Waals surface area contributed by atoms with Crippen molar-refractivity contribution in [1.82, 2.24) is 4.57 Å². The summed E-state index contributed by atoms with van der Waals surface area (Å²) < 4.78 is 40.0. The third-order valence-corrected chi connectivity index (χ3v) is 5.55. The van der Waals surface area contributed by atoms with Gasteiger partial charge in [0.25, 0.3) is 5.56 Å². The van der Waals surface area contributed by atoms with Crippen LogP contribution >= 0.6 is 0 Å². The zero-order valence-electron chi connectivity index (χ0n) is 19.1. The number of halogens is 3. The first-order valence-electron chi connectivity index (χ1n) is 10.9. The molecule has 0 spiro atoms. The Labute approximate surface area is 204 Å². The van der Waals surface area contributed by atoms with Gasteiger partial charge in [0.2, 0.25) is 5.91 Å². The Kier molecular flexibility index (Phi) is 6.77. The molecule has 4 rings (SSSR count). The van der Waals surface area contributed by atoms with Crippen LogP contribution in [0.15, 0.2) is 77.7 Å². The first-order chi connectivity index (χ1) is 17.2. The molecule has 184 valence electrons. The highest BCUT2D eigenvalue weighted by molar-refractivity contribution is 5.96. The van der Waals surface area contributed by atoms with E-state index in [0.717, 1.165) is 17.8 Å². The number of rotatable bonds is 7. The second-order valence-corrected chi connectivity index (χ2v) is 7.97. The molecule has 1 aromatic heterocycles. The molecule has 0 saturated heterocycles. The maximum Gasteiger partial charge on any atom is 0.416 e. The van der Waals surface area contributed by atoms with Gasteiger partial charge in [0.1, 0.15) is 6.54 Å². The van der Waals surface area contributed by atoms with Crippen molar-refractivity contribution in [2.45, 2.75) is 12.7 Å². The minimum atomic E-state index is -4.54. The van der Waals surface area contributed by atoms with E-state index in [1.807, 2.05) is 12.1 Å². The number of anilines is 4. The Balaban J connectivity index is 1.61. The number of hydrogen-bond donors (Lipinski definition) is 4. The van der Waals surface area contributed by atoms with Gasteiger partial charge >= 0.3 is 6.18 Å². The normalized spacial score (nSPS) is 11.2. The van der Waals surface area contributed by atoms with E-state index in [1.54, 1.807) is 37.4 Å². The van der Waals surface area contributed by atoms with Crippen LogP contribution in [0, 0.1) is 5.41 Å². The van der Waals surface area contributed by atoms with Crippen LogP contribution in [0.3, 0.4) is 0 Å². The average Bonchev–Trinajstić information content (AvgIpc) is 2.85. The first kappa shape index (κ1) is 24.5. The van der Waals surface area contributed by atoms with Gasteiger partial charge in [-0.05, 0) is 53.9 Å². The quantitative estimate of drug-likeness (QED) is 0.258. The number of carbonyl (C=O) groups is 1. The van der Waals surface area contributed by atoms with Gasteiger partial charge in [-0.25, -0.2) is 0 Å². The van der Waals surface area contributed by atoms with Gasteiger partial charge in [-0.15, -0.1) is 0 Å². The molecule has 4 aromatic rings. The van der Waals surface area contributed by atoms with Crippen LogP contribution in [0.4, 0.5) is 35.9 Å². The molecular formula is C26H22F3N5O2. The fourth-order valence-corrected chi connectivity index (χ4v) is 3.83. The summed E-state index contributed by atoms with van der Waals surface area (Å²) in [6.45, 7) is -0.381. The van der Waals surface area contributed by atoms with Crippen LogP contribution in [-0.4, -0.2) is 23.7 Å². The summed E-state index contributed by atoms with van der Waals surface area (Å²) in [5.74, 6) is -0.639. The number of aromatic nitrogens is 1. The Morgan fingerprint density at radius 3 is 2.50 bits per heavy atom. The van der Waals surface area contributed by atoms with E-state index in [2.05, 4.69) is 16.0 Å². The van der Waals surface area contributed by atoms with Gasteiger partial charge in [0.15, 0.2) is 0 Å². The van der Waals surface area contributed by atoms with Gasteiger partial charge < -0.3 is 25.9 Å². The summed E-state index contributed by atoms with van der Waals surface area (Å²) >= 11 is 0. The van der Waals surface area contributed by atoms with E-state index in [0.29, 0.717) is 27.7 Å². The topological polar surface area (TPSA) is 99.0 Å². The molecule has 0 fully saturated rings. The molecule has 1 heterocycles. The summed E-state index contributed by atoms with van der Waals surface area (Å²) in [6, 6.07) is 16.6. The molecule has 1 amide bonds. The number of amides is 1. The standard InChI is InChI=1S/C26H22F3N5O2/c1-31-21-9-8-20(12-17(21)14-30)32-22-7-2-4-16-10-11-34(25(36)24(16)22)15-23(35)33-19-6-3-5-18(13-19)26(27,28)29/h2-14,30-32H,15H2,1H3,(H,33,35). The van der Waals surface area contributed by atoms with Gasteiger partial charge in [-0.1, -0.05) is 18.2 Å². The molecule has 0 unspecified atom stereocenters. The van der Waals surface area contributed by atoms with Gasteiger partial charge in [0, 0.05) is 42.1 Å². The molecule has 4 N–H and O–H groups in total. The minimum absolute atomic E-state index is 0.0157. The molecule has 7 nitrogen and oxygen atoms in total. The summed E-state index contributed by atoms with van der Waals surface area (Å²) in [5, 5.41) is 17.2. The minimum Gasteiger partial charge on any atom is -0.388 e. The zero-order chi connectivity index (χ0) is 25.9. The lowest BCUT2D eigenvalue weighted by molar-refractivity contribution is -0.137. The van der Waals surface area contributed by atoms with Crippen molar-refractivity contribution in [3.8, 4) is 0 Å². The fourth-order valence-electron chi connectivity index (χ4n) is 3.83. The smallest absolute Gasteiger partial charge is 0.388 e. The Hall–Kier alpha value is -4.60. The molecule has 0 bridgehead atoms. The van der Waals surface area contributed by atoms with E-state index in [-0.39, 0.29) is 12.2 Å². The Morgan fingerprint density at radius 2 is 1.78 bits per heavy atom. The van der Waals surface area contributed by atoms with E-state index in [4.69, 9.17) is 5.41 Å². The number of fused-ring (bicyclic) bond motifs is 1. The van der Waals surface area contributed by atoms with E-state index >= 15 is 0 Å². The lowest BCUT2D eigenvalue weighted by Crippen LogP contribution is -2.27. The van der Waals surface area contributed by atoms with Gasteiger partial charge in [0.05, 0.1) is 16.6 Å². The third kappa shape index (κ3) is 5.22. The average molecular weight is 493 g/mol. The molecule has 0 saturated carbocycles. The molecule has 0 aliphatic heterocycles. The summed E-state index contributed by atoms with van der Waals surface area (Å²) in [6.07, 6.45) is -1.85. The number of nitrogens with zero attached hydrogens (tertiary/aromatic N) is 1. The Bertz CT molecular complexity index is 1510. The maximum atomic E-state index is 13.3. The molecule has 36 heavy (non-hydrogen) atoms. The summed E-state index contributed by atoms with van der Waals surface area (Å²) in [7, 11) is 1.76. The van der Waals surface area contributed by atoms with Gasteiger partial charge in [-0.3, -0.25) is 9.59 Å². The van der Waals surface area contributed by atoms with Crippen molar-refractivity contribution in [2.75, 3.05) is 23.0 Å². The van der Waals surface area contributed by atoms with Gasteiger partial charge in [-0.2, -0.15) is 13.2 Å². The SMILES string of the molecule is CNc1ccc(Nc2cccc3ccn(CC(=O)Nc4cccc(C(F)(F)F)c4)c(=O)c23)cc1C=N. The fraction of sp³-hybridized carbons (Fsp3) is 0.115. The van der Waals surface area contributed by atoms with Crippen molar-refractivity contribution in [2.24, 2.45) is 0 Å². The molecule has 10 heteroatoms. The molecule has 0 radical (unpaired) electrons. The van der Waals surface area contributed by atoms with Crippen LogP contribution in [0.1, 0.15) is 11.1 Å². The number of benzene rings is 3. The van der Waals surface area contributed by atoms with Crippen LogP contribution < -0.4 is 21.5 Å². The van der Waals surface area contributed by atoms with E-state index in [1.165, 1.54) is 29.1 Å². The van der Waals surface area contributed by atoms with E-state index < -0.39 is 23.2 Å². The maximum absolute atomic E-state index is 13.3. The highest BCUT2D eigenvalue weighted by atomic mass is 19.4. The lowest BCUT2D eigenvalue weighted by atomic mass is 10.1. The number of pyridine rings is 1. The first-order valence-corrected chi connectivity index (χ1v) is 10.9. The predicted molar refractivity (Wildman–Crippen MR) is 135 cm³/mol. The molecule has 0 aliphatic carbocycles. The second kappa shape index (κ2) is 9.95. The van der Waals surface area contributed by atoms with Crippen molar-refractivity contribution in [3.05, 3.63) is 94.4 Å². The van der Waals surface area contributed by atoms with Crippen molar-refractivity contribution in [1.29, 1.82) is 5.41 Å². The summed E-state index contributed by atoms with van der Waals surface area (Å²) in [4.78, 5) is 25.8. The van der Waals surface area contributed by atoms with Crippen LogP contribution in [-0.2, 0) is 17.5 Å². The highest BCUT2D eigenvalue weighted by Gasteiger charge is 2.30. The van der Waals surface area contributed by atoms with Crippen molar-refractivity contribution < 1.29 is 18.0 Å². The molecular weight excluding hydrogens is 471 g/mol. The lowest BCUT2D eigenvalue weighted by Gasteiger charge is -2.14. The van der Waals surface area contributed by atoms with Crippen LogP contribution in [0.2, 0.25) is 0 Å². The number of nitrogens with one attached hydrogen (secondary N) is 4. The van der Waals surface area contributed by atoms with Crippen molar-refractivity contribution in [3.63, 3.8) is 0 Å². The third-order valence-electron chi connectivity index (χ3n) is 5.55. The second-order valence-electron chi connectivity index (χ2n) is 7.97. The van der Waals surface area contributed by atoms with Crippen LogP contribution in [0.5, 0.6) is 0 Å². The summed E-state index contributed by atoms with van der Waals surface area (Å²) in [5.41, 5.74) is 1.28. The number of carbonyl (C=O) groups excluding carboxylic acids is 1. The highest BCUT2D eigenvalue weighted by Crippen LogP contribution is 2.31. The monoisotopic (exact) mass is 493 g/mol. The number of hydrogen-bond acceptors (Lipinski definition) is 5.